The number of hydrogen-bond donors (Lipinski definition) is 5. The van der Waals surface area contributed by atoms with E-state index in [1.807, 2.05) is 5.32 Å². The van der Waals surface area contributed by atoms with E-state index in [1.54, 1.807) is 0 Å². The van der Waals surface area contributed by atoms with Crippen LogP contribution < -0.4 is 16.0 Å². The second kappa shape index (κ2) is 8.45. The van der Waals surface area contributed by atoms with Crippen LogP contribution in [-0.2, 0) is 24.0 Å². The molecule has 0 aliphatic heterocycles. The number of nitrogens with one attached hydrogen (secondary N) is 3. The van der Waals surface area contributed by atoms with Crippen molar-refractivity contribution in [3.63, 3.8) is 0 Å². The lowest BCUT2D eigenvalue weighted by molar-refractivity contribution is -0.147. The molecule has 0 aromatic rings. The molecule has 0 aliphatic carbocycles. The Kier molecular flexibility index (Phi) is 7.33. The van der Waals surface area contributed by atoms with Gasteiger partial charge in [0.15, 0.2) is 0 Å². The first kappa shape index (κ1) is 17.4. The molecular weight excluding hydrogens is 274 g/mol. The van der Waals surface area contributed by atoms with Gasteiger partial charge in [0.25, 0.3) is 0 Å². The third-order valence-corrected chi connectivity index (χ3v) is 1.96. The molecule has 0 saturated heterocycles. The van der Waals surface area contributed by atoms with Crippen LogP contribution in [0.3, 0.4) is 0 Å². The van der Waals surface area contributed by atoms with Gasteiger partial charge in [0, 0.05) is 6.92 Å². The number of carbonyl (C=O) groups is 5. The van der Waals surface area contributed by atoms with Crippen LogP contribution in [0.1, 0.15) is 13.3 Å². The topological polar surface area (TPSA) is 162 Å². The van der Waals surface area contributed by atoms with Gasteiger partial charge in [0.2, 0.25) is 17.7 Å². The Bertz CT molecular complexity index is 421. The standard InChI is InChI=1S/C10H15N3O7/c1-5(14)11-3-7(15)12-4-8(16)13-6(10(19)20)2-9(17)18/h6H,2-4H2,1H3,(H,11,14)(H,12,15)(H,13,16)(H,17,18)(H,19,20)/t6-/m0/s1. The van der Waals surface area contributed by atoms with E-state index >= 15 is 0 Å². The highest BCUT2D eigenvalue weighted by atomic mass is 16.4. The smallest absolute Gasteiger partial charge is 0.326 e. The van der Waals surface area contributed by atoms with Crippen LogP contribution in [0.25, 0.3) is 0 Å². The molecule has 0 unspecified atom stereocenters. The van der Waals surface area contributed by atoms with Crippen LogP contribution in [0.15, 0.2) is 0 Å². The van der Waals surface area contributed by atoms with Crippen molar-refractivity contribution in [1.29, 1.82) is 0 Å². The normalized spacial score (nSPS) is 11.1. The predicted octanol–water partition coefficient (Wildman–Crippen LogP) is -2.72. The Labute approximate surface area is 113 Å². The van der Waals surface area contributed by atoms with Crippen LogP contribution in [0.2, 0.25) is 0 Å². The van der Waals surface area contributed by atoms with E-state index in [9.17, 15) is 24.0 Å². The first-order chi connectivity index (χ1) is 9.22. The monoisotopic (exact) mass is 289 g/mol. The molecular formula is C10H15N3O7. The number of carbonyl (C=O) groups excluding carboxylic acids is 3. The summed E-state index contributed by atoms with van der Waals surface area (Å²) in [6.07, 6.45) is -0.777. The molecule has 5 N–H and O–H groups in total. The predicted molar refractivity (Wildman–Crippen MR) is 63.5 cm³/mol. The summed E-state index contributed by atoms with van der Waals surface area (Å²) < 4.78 is 0. The molecule has 10 heteroatoms. The maximum absolute atomic E-state index is 11.3. The zero-order valence-electron chi connectivity index (χ0n) is 10.6. The SMILES string of the molecule is CC(=O)NCC(=O)NCC(=O)N[C@@H](CC(=O)O)C(=O)O. The molecule has 0 aromatic heterocycles. The third-order valence-electron chi connectivity index (χ3n) is 1.96. The fourth-order valence-electron chi connectivity index (χ4n) is 1.07. The molecule has 3 amide bonds. The number of aliphatic carboxylic acids is 2. The maximum Gasteiger partial charge on any atom is 0.326 e. The van der Waals surface area contributed by atoms with Gasteiger partial charge < -0.3 is 26.2 Å². The summed E-state index contributed by atoms with van der Waals surface area (Å²) in [5.41, 5.74) is 0. The van der Waals surface area contributed by atoms with E-state index in [-0.39, 0.29) is 6.54 Å². The van der Waals surface area contributed by atoms with Gasteiger partial charge in [-0.25, -0.2) is 4.79 Å². The summed E-state index contributed by atoms with van der Waals surface area (Å²) >= 11 is 0. The van der Waals surface area contributed by atoms with Crippen molar-refractivity contribution in [2.24, 2.45) is 0 Å². The average molecular weight is 289 g/mol. The summed E-state index contributed by atoms with van der Waals surface area (Å²) in [6, 6.07) is -1.58. The molecule has 0 radical (unpaired) electrons. The number of rotatable bonds is 8. The van der Waals surface area contributed by atoms with Gasteiger partial charge in [0.05, 0.1) is 19.5 Å². The van der Waals surface area contributed by atoms with E-state index < -0.39 is 48.7 Å². The van der Waals surface area contributed by atoms with Crippen LogP contribution in [0.5, 0.6) is 0 Å². The Hall–Kier alpha value is -2.65. The van der Waals surface area contributed by atoms with Crippen LogP contribution >= 0.6 is 0 Å². The molecule has 20 heavy (non-hydrogen) atoms. The van der Waals surface area contributed by atoms with Crippen LogP contribution in [-0.4, -0.2) is 59.0 Å². The minimum Gasteiger partial charge on any atom is -0.481 e. The van der Waals surface area contributed by atoms with E-state index in [4.69, 9.17) is 10.2 Å². The molecule has 1 atom stereocenters. The Morgan fingerprint density at radius 2 is 1.50 bits per heavy atom. The number of hydrogen-bond acceptors (Lipinski definition) is 5. The largest absolute Gasteiger partial charge is 0.481 e. The third kappa shape index (κ3) is 8.44. The summed E-state index contributed by atoms with van der Waals surface area (Å²) in [7, 11) is 0. The Morgan fingerprint density at radius 3 is 1.95 bits per heavy atom. The highest BCUT2D eigenvalue weighted by Gasteiger charge is 2.22. The molecule has 0 saturated carbocycles. The average Bonchev–Trinajstić information content (AvgIpc) is 2.32. The molecule has 0 rings (SSSR count). The van der Waals surface area contributed by atoms with E-state index in [0.29, 0.717) is 0 Å². The van der Waals surface area contributed by atoms with E-state index in [1.165, 1.54) is 6.92 Å². The van der Waals surface area contributed by atoms with Crippen molar-refractivity contribution < 1.29 is 34.2 Å². The molecule has 0 aliphatic rings. The minimum atomic E-state index is -1.58. The molecule has 112 valence electrons. The first-order valence-corrected chi connectivity index (χ1v) is 5.47. The molecule has 10 nitrogen and oxygen atoms in total. The van der Waals surface area contributed by atoms with E-state index in [2.05, 4.69) is 10.6 Å². The van der Waals surface area contributed by atoms with Crippen molar-refractivity contribution >= 4 is 29.7 Å². The summed E-state index contributed by atoms with van der Waals surface area (Å²) in [5, 5.41) is 23.4. The molecule has 0 heterocycles. The van der Waals surface area contributed by atoms with Crippen LogP contribution in [0.4, 0.5) is 0 Å². The van der Waals surface area contributed by atoms with Crippen molar-refractivity contribution in [2.75, 3.05) is 13.1 Å². The van der Waals surface area contributed by atoms with E-state index in [0.717, 1.165) is 0 Å². The minimum absolute atomic E-state index is 0.319. The Morgan fingerprint density at radius 1 is 0.950 bits per heavy atom. The lowest BCUT2D eigenvalue weighted by Crippen LogP contribution is -2.47. The van der Waals surface area contributed by atoms with Gasteiger partial charge in [-0.2, -0.15) is 0 Å². The molecule has 0 fully saturated rings. The molecule has 0 bridgehead atoms. The lowest BCUT2D eigenvalue weighted by atomic mass is 10.2. The summed E-state index contributed by atoms with van der Waals surface area (Å²) in [6.45, 7) is 0.366. The first-order valence-electron chi connectivity index (χ1n) is 5.47. The van der Waals surface area contributed by atoms with Gasteiger partial charge in [-0.05, 0) is 0 Å². The quantitative estimate of drug-likeness (QED) is 0.324. The zero-order valence-corrected chi connectivity index (χ0v) is 10.6. The number of carboxylic acid groups (broad SMARTS) is 2. The van der Waals surface area contributed by atoms with Gasteiger partial charge in [0.1, 0.15) is 6.04 Å². The maximum atomic E-state index is 11.3. The number of amides is 3. The molecule has 0 aromatic carbocycles. The summed E-state index contributed by atoms with van der Waals surface area (Å²) in [4.78, 5) is 54.0. The van der Waals surface area contributed by atoms with Crippen LogP contribution in [0, 0.1) is 0 Å². The van der Waals surface area contributed by atoms with Gasteiger partial charge in [-0.15, -0.1) is 0 Å². The van der Waals surface area contributed by atoms with Crippen molar-refractivity contribution in [2.45, 2.75) is 19.4 Å². The van der Waals surface area contributed by atoms with Gasteiger partial charge >= 0.3 is 11.9 Å². The highest BCUT2D eigenvalue weighted by molar-refractivity contribution is 5.90. The van der Waals surface area contributed by atoms with Crippen molar-refractivity contribution in [3.05, 3.63) is 0 Å². The summed E-state index contributed by atoms with van der Waals surface area (Å²) in [5.74, 6) is -4.79. The lowest BCUT2D eigenvalue weighted by Gasteiger charge is -2.12. The Balaban J connectivity index is 4.13. The van der Waals surface area contributed by atoms with Gasteiger partial charge in [-0.3, -0.25) is 19.2 Å². The molecule has 0 spiro atoms. The number of carboxylic acids is 2. The van der Waals surface area contributed by atoms with Gasteiger partial charge in [-0.1, -0.05) is 0 Å². The fourth-order valence-corrected chi connectivity index (χ4v) is 1.07. The highest BCUT2D eigenvalue weighted by Crippen LogP contribution is 1.92. The second-order valence-electron chi connectivity index (χ2n) is 3.74. The zero-order chi connectivity index (χ0) is 15.7. The van der Waals surface area contributed by atoms with Crippen molar-refractivity contribution in [1.82, 2.24) is 16.0 Å². The second-order valence-corrected chi connectivity index (χ2v) is 3.74. The van der Waals surface area contributed by atoms with Crippen molar-refractivity contribution in [3.8, 4) is 0 Å². The fraction of sp³-hybridized carbons (Fsp3) is 0.500.